The van der Waals surface area contributed by atoms with E-state index in [1.165, 1.54) is 16.7 Å². The summed E-state index contributed by atoms with van der Waals surface area (Å²) in [5, 5.41) is 11.0. The minimum Gasteiger partial charge on any atom is -0.549 e. The molecule has 0 heterocycles. The van der Waals surface area contributed by atoms with E-state index in [2.05, 4.69) is 42.5 Å². The second kappa shape index (κ2) is 10.2. The van der Waals surface area contributed by atoms with Gasteiger partial charge < -0.3 is 19.5 Å². The zero-order valence-electron chi connectivity index (χ0n) is 17.4. The molecule has 5 heteroatoms. The van der Waals surface area contributed by atoms with Gasteiger partial charge in [-0.15, -0.1) is 0 Å². The zero-order valence-corrected chi connectivity index (χ0v) is 17.4. The van der Waals surface area contributed by atoms with Gasteiger partial charge in [0.2, 0.25) is 0 Å². The predicted molar refractivity (Wildman–Crippen MR) is 105 cm³/mol. The molecule has 1 aliphatic rings. The molecule has 0 bridgehead atoms. The predicted octanol–water partition coefficient (Wildman–Crippen LogP) is -0.146. The number of hydrogen-bond acceptors (Lipinski definition) is 4. The second-order valence-electron chi connectivity index (χ2n) is 7.78. The summed E-state index contributed by atoms with van der Waals surface area (Å²) in [5.74, 6) is 0.511. The Kier molecular flexibility index (Phi) is 8.19. The average molecular weight is 373 g/mol. The number of carboxylic acid groups (broad SMARTS) is 1. The van der Waals surface area contributed by atoms with E-state index in [9.17, 15) is 9.90 Å². The molecule has 0 saturated carbocycles. The Hall–Kier alpha value is -1.73. The smallest absolute Gasteiger partial charge is 0.549 e. The van der Waals surface area contributed by atoms with E-state index >= 15 is 0 Å². The second-order valence-corrected chi connectivity index (χ2v) is 7.78. The fraction of sp³-hybridized carbons (Fsp3) is 0.435. The summed E-state index contributed by atoms with van der Waals surface area (Å²) in [6.07, 6.45) is 2.16. The van der Waals surface area contributed by atoms with Crippen LogP contribution < -0.4 is 28.7 Å². The van der Waals surface area contributed by atoms with E-state index in [4.69, 9.17) is 4.74 Å². The molecule has 28 heavy (non-hydrogen) atoms. The van der Waals surface area contributed by atoms with Crippen molar-refractivity contribution in [2.24, 2.45) is 5.92 Å². The van der Waals surface area contributed by atoms with Crippen LogP contribution in [0.3, 0.4) is 0 Å². The Morgan fingerprint density at radius 2 is 1.93 bits per heavy atom. The van der Waals surface area contributed by atoms with Gasteiger partial charge >= 0.3 is 18.9 Å². The minimum atomic E-state index is -1.03. The topological polar surface area (TPSA) is 52.6 Å². The van der Waals surface area contributed by atoms with E-state index in [-0.39, 0.29) is 37.4 Å². The van der Waals surface area contributed by atoms with Crippen LogP contribution in [0.25, 0.3) is 0 Å². The number of carboxylic acids is 1. The molecule has 0 fully saturated rings. The number of fused-ring (bicyclic) bond motifs is 1. The summed E-state index contributed by atoms with van der Waals surface area (Å²) >= 11 is 0. The molecule has 2 aromatic carbocycles. The van der Waals surface area contributed by atoms with Crippen LogP contribution in [-0.4, -0.2) is 37.1 Å². The zero-order chi connectivity index (χ0) is 19.4. The summed E-state index contributed by atoms with van der Waals surface area (Å²) in [7, 11) is 1.85. The molecule has 0 aromatic heterocycles. The summed E-state index contributed by atoms with van der Waals surface area (Å²) in [6, 6.07) is 16.9. The molecule has 4 nitrogen and oxygen atoms in total. The van der Waals surface area contributed by atoms with Gasteiger partial charge in [0.25, 0.3) is 0 Å². The van der Waals surface area contributed by atoms with Crippen molar-refractivity contribution in [3.63, 3.8) is 0 Å². The van der Waals surface area contributed by atoms with Crippen LogP contribution in [0, 0.1) is 5.92 Å². The van der Waals surface area contributed by atoms with Crippen molar-refractivity contribution >= 4 is 5.97 Å². The van der Waals surface area contributed by atoms with Gasteiger partial charge in [0.15, 0.2) is 0 Å². The SMILES string of the molecule is CC(C)Oc1ccc2c(c1)CC[C@H](CN(C)CC(=O)[O-])[C@@H]2c1ccccc1.[Li+]. The van der Waals surface area contributed by atoms with Crippen molar-refractivity contribution in [2.75, 3.05) is 20.1 Å². The number of hydrogen-bond donors (Lipinski definition) is 0. The third-order valence-electron chi connectivity index (χ3n) is 5.18. The van der Waals surface area contributed by atoms with Gasteiger partial charge in [0.05, 0.1) is 12.1 Å². The van der Waals surface area contributed by atoms with Gasteiger partial charge in [-0.1, -0.05) is 36.4 Å². The molecule has 0 aliphatic heterocycles. The van der Waals surface area contributed by atoms with E-state index < -0.39 is 5.97 Å². The summed E-state index contributed by atoms with van der Waals surface area (Å²) < 4.78 is 5.88. The van der Waals surface area contributed by atoms with Crippen molar-refractivity contribution in [3.05, 3.63) is 65.2 Å². The van der Waals surface area contributed by atoms with Crippen LogP contribution in [-0.2, 0) is 11.2 Å². The van der Waals surface area contributed by atoms with Crippen molar-refractivity contribution in [1.29, 1.82) is 0 Å². The van der Waals surface area contributed by atoms with Gasteiger partial charge in [-0.25, -0.2) is 0 Å². The number of nitrogens with zero attached hydrogens (tertiary/aromatic N) is 1. The van der Waals surface area contributed by atoms with E-state index in [0.717, 1.165) is 25.1 Å². The Bertz CT molecular complexity index is 779. The molecular formula is C23H28LiNO3. The number of carbonyl (C=O) groups is 1. The number of rotatable bonds is 7. The Morgan fingerprint density at radius 1 is 1.21 bits per heavy atom. The van der Waals surface area contributed by atoms with E-state index in [1.54, 1.807) is 0 Å². The fourth-order valence-electron chi connectivity index (χ4n) is 4.20. The van der Waals surface area contributed by atoms with Crippen LogP contribution >= 0.6 is 0 Å². The molecular weight excluding hydrogens is 345 g/mol. The van der Waals surface area contributed by atoms with Gasteiger partial charge in [0.1, 0.15) is 5.75 Å². The molecule has 0 radical (unpaired) electrons. The first kappa shape index (κ1) is 22.6. The first-order valence-electron chi connectivity index (χ1n) is 9.67. The molecule has 144 valence electrons. The first-order valence-corrected chi connectivity index (χ1v) is 9.67. The van der Waals surface area contributed by atoms with Crippen molar-refractivity contribution < 1.29 is 33.5 Å². The van der Waals surface area contributed by atoms with Gasteiger partial charge in [-0.2, -0.15) is 0 Å². The molecule has 1 aliphatic carbocycles. The van der Waals surface area contributed by atoms with Gasteiger partial charge in [-0.3, -0.25) is 0 Å². The fourth-order valence-corrected chi connectivity index (χ4v) is 4.20. The number of benzene rings is 2. The van der Waals surface area contributed by atoms with Crippen molar-refractivity contribution in [3.8, 4) is 5.75 Å². The van der Waals surface area contributed by atoms with E-state index in [1.807, 2.05) is 31.9 Å². The normalized spacial score (nSPS) is 18.5. The maximum Gasteiger partial charge on any atom is 1.00 e. The van der Waals surface area contributed by atoms with Crippen molar-refractivity contribution in [2.45, 2.75) is 38.7 Å². The molecule has 0 N–H and O–H groups in total. The molecule has 0 unspecified atom stereocenters. The maximum absolute atomic E-state index is 11.0. The number of aliphatic carboxylic acids is 1. The van der Waals surface area contributed by atoms with Gasteiger partial charge in [0, 0.05) is 19.0 Å². The molecule has 2 atom stereocenters. The Balaban J connectivity index is 0.00000280. The van der Waals surface area contributed by atoms with Crippen LogP contribution in [0.4, 0.5) is 0 Å². The largest absolute Gasteiger partial charge is 1.00 e. The standard InChI is InChI=1S/C23H29NO3.Li/c1-16(2)27-20-11-12-21-18(13-20)9-10-19(14-24(3)15-22(25)26)23(21)17-7-5-4-6-8-17;/h4-8,11-13,16,19,23H,9-10,14-15H2,1-3H3,(H,25,26);/q;+1/p-1/t19-,23+;/m1./s1. The molecule has 3 rings (SSSR count). The number of ether oxygens (including phenoxy) is 1. The molecule has 2 aromatic rings. The van der Waals surface area contributed by atoms with Crippen LogP contribution in [0.5, 0.6) is 5.75 Å². The van der Waals surface area contributed by atoms with E-state index in [0.29, 0.717) is 5.92 Å². The average Bonchev–Trinajstić information content (AvgIpc) is 2.61. The van der Waals surface area contributed by atoms with Crippen LogP contribution in [0.1, 0.15) is 42.9 Å². The summed E-state index contributed by atoms with van der Waals surface area (Å²) in [6.45, 7) is 4.77. The summed E-state index contributed by atoms with van der Waals surface area (Å²) in [4.78, 5) is 12.8. The monoisotopic (exact) mass is 373 g/mol. The number of likely N-dealkylation sites (N-methyl/N-ethyl adjacent to an activating group) is 1. The third-order valence-corrected chi connectivity index (χ3v) is 5.18. The quantitative estimate of drug-likeness (QED) is 0.634. The molecule has 0 saturated heterocycles. The molecule has 0 spiro atoms. The Morgan fingerprint density at radius 3 is 2.57 bits per heavy atom. The van der Waals surface area contributed by atoms with Crippen LogP contribution in [0.15, 0.2) is 48.5 Å². The first-order chi connectivity index (χ1) is 12.9. The maximum atomic E-state index is 11.0. The van der Waals surface area contributed by atoms with Crippen molar-refractivity contribution in [1.82, 2.24) is 4.90 Å². The van der Waals surface area contributed by atoms with Crippen LogP contribution in [0.2, 0.25) is 0 Å². The molecule has 0 amide bonds. The Labute approximate surface area is 180 Å². The number of carbonyl (C=O) groups excluding carboxylic acids is 1. The number of aryl methyl sites for hydroxylation is 1. The third kappa shape index (κ3) is 5.64. The minimum absolute atomic E-state index is 0. The summed E-state index contributed by atoms with van der Waals surface area (Å²) in [5.41, 5.74) is 3.94. The van der Waals surface area contributed by atoms with Gasteiger partial charge in [-0.05, 0) is 68.5 Å².